The number of aliphatic carboxylic acids is 1. The Bertz CT molecular complexity index is 207. The van der Waals surface area contributed by atoms with E-state index in [0.717, 1.165) is 0 Å². The minimum Gasteiger partial charge on any atom is -0.550 e. The van der Waals surface area contributed by atoms with Crippen LogP contribution in [0.15, 0.2) is 0 Å². The third-order valence-corrected chi connectivity index (χ3v) is 4.23. The minimum atomic E-state index is -0.995. The lowest BCUT2D eigenvalue weighted by atomic mass is 10.1. The molecule has 0 saturated heterocycles. The molecule has 0 spiro atoms. The first kappa shape index (κ1) is 27.2. The van der Waals surface area contributed by atoms with Crippen molar-refractivity contribution >= 4 is 5.97 Å². The zero-order valence-corrected chi connectivity index (χ0v) is 16.5. The van der Waals surface area contributed by atoms with Crippen LogP contribution in [0.3, 0.4) is 0 Å². The molecule has 0 aliphatic carbocycles. The van der Waals surface area contributed by atoms with Gasteiger partial charge in [-0.2, -0.15) is 0 Å². The largest absolute Gasteiger partial charge is 0.550 e. The fraction of sp³-hybridized carbons (Fsp3) is 0.947. The van der Waals surface area contributed by atoms with Crippen molar-refractivity contribution < 1.29 is 19.9 Å². The Labute approximate surface area is 145 Å². The van der Waals surface area contributed by atoms with Crippen LogP contribution in [-0.4, -0.2) is 42.1 Å². The van der Waals surface area contributed by atoms with Gasteiger partial charge in [-0.3, -0.25) is 0 Å². The average molecular weight is 334 g/mol. The van der Waals surface area contributed by atoms with E-state index in [4.69, 9.17) is 0 Å². The maximum absolute atomic E-state index is 9.26. The standard InChI is InChI=1S/C16H36N.C3H6O2.H2O/c1-5-9-13-17(14-10-6-2,15-11-7-3)16-12-8-4;1-2-3(4)5;/h5-16H2,1-4H3;2H2,1H3,(H,4,5);1H2/q+1;;/p-1. The molecule has 0 aliphatic rings. The van der Waals surface area contributed by atoms with E-state index in [2.05, 4.69) is 27.7 Å². The molecule has 0 aromatic carbocycles. The maximum Gasteiger partial charge on any atom is 0.0786 e. The van der Waals surface area contributed by atoms with Crippen molar-refractivity contribution in [3.8, 4) is 0 Å². The van der Waals surface area contributed by atoms with Crippen molar-refractivity contribution in [2.24, 2.45) is 0 Å². The lowest BCUT2D eigenvalue weighted by Crippen LogP contribution is -2.50. The van der Waals surface area contributed by atoms with E-state index in [1.165, 1.54) is 89.0 Å². The minimum absolute atomic E-state index is 0. The number of carboxylic acid groups (broad SMARTS) is 1. The molecular formula is C19H43NO3. The van der Waals surface area contributed by atoms with Crippen LogP contribution in [0.2, 0.25) is 0 Å². The molecule has 0 aliphatic heterocycles. The van der Waals surface area contributed by atoms with Gasteiger partial charge < -0.3 is 19.9 Å². The van der Waals surface area contributed by atoms with Crippen LogP contribution in [0.4, 0.5) is 0 Å². The molecule has 0 radical (unpaired) electrons. The third-order valence-electron chi connectivity index (χ3n) is 4.23. The van der Waals surface area contributed by atoms with Gasteiger partial charge in [-0.15, -0.1) is 0 Å². The molecule has 0 rings (SSSR count). The quantitative estimate of drug-likeness (QED) is 0.485. The van der Waals surface area contributed by atoms with Crippen LogP contribution >= 0.6 is 0 Å². The Balaban J connectivity index is -0.000000578. The Morgan fingerprint density at radius 1 is 0.696 bits per heavy atom. The first-order valence-corrected chi connectivity index (χ1v) is 9.56. The zero-order chi connectivity index (χ0) is 17.3. The number of nitrogens with zero attached hydrogens (tertiary/aromatic N) is 1. The summed E-state index contributed by atoms with van der Waals surface area (Å²) in [5, 5.41) is 9.26. The topological polar surface area (TPSA) is 71.6 Å². The summed E-state index contributed by atoms with van der Waals surface area (Å²) in [6, 6.07) is 0. The number of carbonyl (C=O) groups is 1. The predicted molar refractivity (Wildman–Crippen MR) is 98.3 cm³/mol. The van der Waals surface area contributed by atoms with Gasteiger partial charge in [0.2, 0.25) is 0 Å². The number of carbonyl (C=O) groups excluding carboxylic acids is 1. The highest BCUT2D eigenvalue weighted by molar-refractivity contribution is 5.63. The predicted octanol–water partition coefficient (Wildman–Crippen LogP) is 3.33. The summed E-state index contributed by atoms with van der Waals surface area (Å²) >= 11 is 0. The van der Waals surface area contributed by atoms with Crippen LogP contribution in [0.25, 0.3) is 0 Å². The number of unbranched alkanes of at least 4 members (excludes halogenated alkanes) is 4. The molecule has 0 fully saturated rings. The molecule has 0 atom stereocenters. The van der Waals surface area contributed by atoms with E-state index in [1.807, 2.05) is 0 Å². The Kier molecular flexibility index (Phi) is 23.0. The summed E-state index contributed by atoms with van der Waals surface area (Å²) in [5.41, 5.74) is 0. The van der Waals surface area contributed by atoms with Crippen molar-refractivity contribution in [1.29, 1.82) is 0 Å². The van der Waals surface area contributed by atoms with Gasteiger partial charge in [0.05, 0.1) is 26.2 Å². The lowest BCUT2D eigenvalue weighted by molar-refractivity contribution is -0.929. The number of quaternary nitrogens is 1. The van der Waals surface area contributed by atoms with Crippen molar-refractivity contribution in [3.63, 3.8) is 0 Å². The fourth-order valence-corrected chi connectivity index (χ4v) is 2.64. The van der Waals surface area contributed by atoms with E-state index in [1.54, 1.807) is 0 Å². The van der Waals surface area contributed by atoms with E-state index >= 15 is 0 Å². The Hall–Kier alpha value is -0.610. The van der Waals surface area contributed by atoms with E-state index in [9.17, 15) is 9.90 Å². The number of carboxylic acids is 1. The second-order valence-corrected chi connectivity index (χ2v) is 6.38. The van der Waals surface area contributed by atoms with Gasteiger partial charge in [-0.1, -0.05) is 60.3 Å². The zero-order valence-electron chi connectivity index (χ0n) is 16.5. The Morgan fingerprint density at radius 2 is 0.913 bits per heavy atom. The summed E-state index contributed by atoms with van der Waals surface area (Å²) in [6.07, 6.45) is 11.2. The van der Waals surface area contributed by atoms with Crippen LogP contribution < -0.4 is 5.11 Å². The van der Waals surface area contributed by atoms with Crippen molar-refractivity contribution in [2.45, 2.75) is 92.4 Å². The molecule has 0 amide bonds. The SMILES string of the molecule is CCC(=O)[O-].CCCC[N+](CCCC)(CCCC)CCCC.O. The number of hydrogen-bond acceptors (Lipinski definition) is 2. The molecule has 23 heavy (non-hydrogen) atoms. The van der Waals surface area contributed by atoms with E-state index in [0.29, 0.717) is 0 Å². The Morgan fingerprint density at radius 3 is 1.04 bits per heavy atom. The summed E-state index contributed by atoms with van der Waals surface area (Å²) in [4.78, 5) is 9.26. The average Bonchev–Trinajstić information content (AvgIpc) is 2.54. The van der Waals surface area contributed by atoms with Gasteiger partial charge in [0.1, 0.15) is 0 Å². The molecule has 0 aromatic heterocycles. The normalized spacial score (nSPS) is 10.5. The van der Waals surface area contributed by atoms with Gasteiger partial charge in [-0.05, 0) is 32.1 Å². The smallest absolute Gasteiger partial charge is 0.0786 e. The van der Waals surface area contributed by atoms with E-state index < -0.39 is 5.97 Å². The highest BCUT2D eigenvalue weighted by atomic mass is 16.4. The maximum atomic E-state index is 9.26. The fourth-order valence-electron chi connectivity index (χ4n) is 2.64. The molecule has 4 nitrogen and oxygen atoms in total. The second kappa shape index (κ2) is 19.4. The van der Waals surface area contributed by atoms with E-state index in [-0.39, 0.29) is 11.9 Å². The molecule has 142 valence electrons. The van der Waals surface area contributed by atoms with Gasteiger partial charge in [-0.25, -0.2) is 0 Å². The molecule has 4 heteroatoms. The van der Waals surface area contributed by atoms with Gasteiger partial charge in [0.25, 0.3) is 0 Å². The summed E-state index contributed by atoms with van der Waals surface area (Å²) in [5.74, 6) is -0.995. The lowest BCUT2D eigenvalue weighted by Gasteiger charge is -2.39. The van der Waals surface area contributed by atoms with Crippen molar-refractivity contribution in [2.75, 3.05) is 26.2 Å². The second-order valence-electron chi connectivity index (χ2n) is 6.38. The molecule has 0 bridgehead atoms. The first-order valence-electron chi connectivity index (χ1n) is 9.56. The van der Waals surface area contributed by atoms with Crippen molar-refractivity contribution in [1.82, 2.24) is 0 Å². The molecule has 0 aromatic rings. The summed E-state index contributed by atoms with van der Waals surface area (Å²) in [6.45, 7) is 16.6. The van der Waals surface area contributed by atoms with Crippen LogP contribution in [-0.2, 0) is 4.79 Å². The van der Waals surface area contributed by atoms with Gasteiger partial charge >= 0.3 is 0 Å². The van der Waals surface area contributed by atoms with Crippen molar-refractivity contribution in [3.05, 3.63) is 0 Å². The molecular weight excluding hydrogens is 290 g/mol. The molecule has 0 saturated carbocycles. The highest BCUT2D eigenvalue weighted by Crippen LogP contribution is 2.16. The monoisotopic (exact) mass is 333 g/mol. The molecule has 2 N–H and O–H groups in total. The van der Waals surface area contributed by atoms with Gasteiger partial charge in [0.15, 0.2) is 0 Å². The number of hydrogen-bond donors (Lipinski definition) is 0. The van der Waals surface area contributed by atoms with Crippen LogP contribution in [0, 0.1) is 0 Å². The summed E-state index contributed by atoms with van der Waals surface area (Å²) in [7, 11) is 0. The molecule has 0 heterocycles. The summed E-state index contributed by atoms with van der Waals surface area (Å²) < 4.78 is 1.42. The third kappa shape index (κ3) is 17.6. The number of rotatable bonds is 13. The van der Waals surface area contributed by atoms with Crippen LogP contribution in [0.5, 0.6) is 0 Å². The first-order chi connectivity index (χ1) is 10.5. The highest BCUT2D eigenvalue weighted by Gasteiger charge is 2.24. The van der Waals surface area contributed by atoms with Gasteiger partial charge in [0, 0.05) is 5.97 Å². The molecule has 0 unspecified atom stereocenters. The van der Waals surface area contributed by atoms with Crippen LogP contribution in [0.1, 0.15) is 92.4 Å².